The van der Waals surface area contributed by atoms with Crippen LogP contribution in [-0.4, -0.2) is 14.8 Å². The van der Waals surface area contributed by atoms with Crippen molar-refractivity contribution in [2.24, 2.45) is 11.3 Å². The van der Waals surface area contributed by atoms with Crippen LogP contribution in [-0.2, 0) is 0 Å². The lowest BCUT2D eigenvalue weighted by Gasteiger charge is -1.82. The molecule has 0 amide bonds. The Hall–Kier alpha value is 0.0499. The Morgan fingerprint density at radius 2 is 1.33 bits per heavy atom. The van der Waals surface area contributed by atoms with Crippen LogP contribution in [0.5, 0.6) is 0 Å². The third kappa shape index (κ3) is 4.05. The molecule has 0 aliphatic carbocycles. The summed E-state index contributed by atoms with van der Waals surface area (Å²) in [6, 6.07) is 0. The Morgan fingerprint density at radius 1 is 1.00 bits per heavy atom. The van der Waals surface area contributed by atoms with E-state index >= 15 is 0 Å². The molecule has 0 heterocycles. The van der Waals surface area contributed by atoms with Crippen LogP contribution in [0.1, 0.15) is 0 Å². The highest BCUT2D eigenvalue weighted by Crippen LogP contribution is 1.77. The van der Waals surface area contributed by atoms with E-state index in [0.717, 1.165) is 12.6 Å². The summed E-state index contributed by atoms with van der Waals surface area (Å²) in [5, 5.41) is 0. The van der Waals surface area contributed by atoms with E-state index < -0.39 is 0 Å². The van der Waals surface area contributed by atoms with Crippen molar-refractivity contribution < 1.29 is 0 Å². The van der Waals surface area contributed by atoms with Gasteiger partial charge in [0, 0.05) is 0 Å². The summed E-state index contributed by atoms with van der Waals surface area (Å²) in [5.41, 5.74) is 10.0. The number of nitrogens with two attached hydrogens (primary N) is 2. The van der Waals surface area contributed by atoms with Crippen LogP contribution >= 0.6 is 0 Å². The maximum absolute atomic E-state index is 5.01. The third-order valence-electron chi connectivity index (χ3n) is 0.500. The molecule has 32 valence electrons. The van der Waals surface area contributed by atoms with E-state index in [-0.39, 0.29) is 0 Å². The second-order valence-electron chi connectivity index (χ2n) is 1.05. The maximum atomic E-state index is 5.01. The number of hydrogen-bond donors (Lipinski definition) is 2. The van der Waals surface area contributed by atoms with Crippen LogP contribution in [0.2, 0.25) is 12.6 Å². The molecule has 2 radical (unpaired) electrons. The molecule has 6 heavy (non-hydrogen) atoms. The molecule has 0 aliphatic heterocycles. The molecule has 0 saturated heterocycles. The molecule has 0 spiro atoms. The van der Waals surface area contributed by atoms with Gasteiger partial charge < -0.3 is 11.3 Å². The fourth-order valence-electron chi connectivity index (χ4n) is 0.192. The predicted octanol–water partition coefficient (Wildman–Crippen LogP) is -1.02. The second-order valence-corrected chi connectivity index (χ2v) is 1.05. The third-order valence-corrected chi connectivity index (χ3v) is 0.500. The van der Waals surface area contributed by atoms with Crippen molar-refractivity contribution in [1.82, 2.24) is 0 Å². The van der Waals surface area contributed by atoms with Gasteiger partial charge in [-0.05, 0) is 0 Å². The monoisotopic (exact) mass is 82.1 g/mol. The van der Waals surface area contributed by atoms with Gasteiger partial charge in [0.2, 0.25) is 14.8 Å². The Bertz CT molecular complexity index is 21.5. The van der Waals surface area contributed by atoms with E-state index in [1.165, 1.54) is 0 Å². The van der Waals surface area contributed by atoms with Gasteiger partial charge in [-0.25, -0.2) is 0 Å². The molecule has 4 N–H and O–H groups in total. The van der Waals surface area contributed by atoms with Crippen molar-refractivity contribution in [1.29, 1.82) is 0 Å². The average molecular weight is 81.7 g/mol. The fourth-order valence-corrected chi connectivity index (χ4v) is 0.192. The van der Waals surface area contributed by atoms with E-state index in [0.29, 0.717) is 0 Å². The summed E-state index contributed by atoms with van der Waals surface area (Å²) in [4.78, 5) is 0. The summed E-state index contributed by atoms with van der Waals surface area (Å²) in [6.45, 7) is 0. The summed E-state index contributed by atoms with van der Waals surface area (Å²) in [6.07, 6.45) is 1.77. The van der Waals surface area contributed by atoms with E-state index in [1.807, 2.05) is 0 Å². The minimum Gasteiger partial charge on any atom is -0.374 e. The number of hydrogen-bond acceptors (Lipinski definition) is 2. The van der Waals surface area contributed by atoms with Gasteiger partial charge in [0.05, 0.1) is 0 Å². The molecule has 2 nitrogen and oxygen atoms in total. The zero-order valence-electron chi connectivity index (χ0n) is 3.72. The van der Waals surface area contributed by atoms with Crippen molar-refractivity contribution in [2.45, 2.75) is 12.6 Å². The first-order valence-corrected chi connectivity index (χ1v) is 1.98. The van der Waals surface area contributed by atoms with Crippen molar-refractivity contribution in [3.63, 3.8) is 0 Å². The summed E-state index contributed by atoms with van der Waals surface area (Å²) in [7, 11) is 3.20. The first-order chi connectivity index (χ1) is 2.91. The summed E-state index contributed by atoms with van der Waals surface area (Å²) in [5.74, 6) is 0. The summed E-state index contributed by atoms with van der Waals surface area (Å²) < 4.78 is 0. The normalized spacial score (nSPS) is 7.67. The van der Waals surface area contributed by atoms with Crippen molar-refractivity contribution in [2.75, 3.05) is 0 Å². The van der Waals surface area contributed by atoms with Crippen molar-refractivity contribution in [3.8, 4) is 0 Å². The summed E-state index contributed by atoms with van der Waals surface area (Å²) >= 11 is 0. The molecule has 0 saturated carbocycles. The molecule has 0 unspecified atom stereocenters. The largest absolute Gasteiger partial charge is 0.374 e. The lowest BCUT2D eigenvalue weighted by atomic mass is 9.77. The van der Waals surface area contributed by atoms with Crippen LogP contribution in [0, 0.1) is 0 Å². The maximum Gasteiger partial charge on any atom is 0.201 e. The van der Waals surface area contributed by atoms with Crippen molar-refractivity contribution >= 4 is 14.8 Å². The Balaban J connectivity index is 2.34. The Kier molecular flexibility index (Phi) is 5.09. The highest BCUT2D eigenvalue weighted by molar-refractivity contribution is 6.37. The van der Waals surface area contributed by atoms with Gasteiger partial charge in [-0.2, -0.15) is 0 Å². The van der Waals surface area contributed by atoms with Crippen molar-refractivity contribution in [3.05, 3.63) is 0 Å². The van der Waals surface area contributed by atoms with Crippen LogP contribution in [0.4, 0.5) is 0 Å². The van der Waals surface area contributed by atoms with Gasteiger partial charge in [0.25, 0.3) is 0 Å². The Labute approximate surface area is 39.8 Å². The smallest absolute Gasteiger partial charge is 0.201 e. The Morgan fingerprint density at radius 3 is 1.50 bits per heavy atom. The lowest BCUT2D eigenvalue weighted by molar-refractivity contribution is 1.38. The molecule has 0 aromatic rings. The standard InChI is InChI=1S/C2H8B2N2/c5-3-1-2-4-6/h1-2,5-6H2. The lowest BCUT2D eigenvalue weighted by Crippen LogP contribution is -2.09. The van der Waals surface area contributed by atoms with Crippen LogP contribution in [0.15, 0.2) is 0 Å². The SMILES string of the molecule is N[B]CC[B]N. The first kappa shape index (κ1) is 6.05. The molecule has 0 aromatic carbocycles. The highest BCUT2D eigenvalue weighted by Gasteiger charge is 1.81. The molecule has 0 bridgehead atoms. The zero-order valence-corrected chi connectivity index (χ0v) is 3.72. The second kappa shape index (κ2) is 5.05. The molecule has 4 heteroatoms. The van der Waals surface area contributed by atoms with Gasteiger partial charge in [-0.3, -0.25) is 0 Å². The minimum absolute atomic E-state index is 0.885. The average Bonchev–Trinajstić information content (AvgIpc) is 1.61. The van der Waals surface area contributed by atoms with E-state index in [1.54, 1.807) is 14.8 Å². The van der Waals surface area contributed by atoms with Crippen LogP contribution in [0.25, 0.3) is 0 Å². The van der Waals surface area contributed by atoms with E-state index in [9.17, 15) is 0 Å². The first-order valence-electron chi connectivity index (χ1n) is 1.98. The van der Waals surface area contributed by atoms with Crippen LogP contribution in [0.3, 0.4) is 0 Å². The zero-order chi connectivity index (χ0) is 4.83. The van der Waals surface area contributed by atoms with Crippen LogP contribution < -0.4 is 11.3 Å². The minimum atomic E-state index is 0.885. The topological polar surface area (TPSA) is 52.0 Å². The molecular formula is C2H8B2N2. The van der Waals surface area contributed by atoms with E-state index in [2.05, 4.69) is 0 Å². The fraction of sp³-hybridized carbons (Fsp3) is 1.00. The molecule has 0 atom stereocenters. The molecule has 0 aromatic heterocycles. The highest BCUT2D eigenvalue weighted by atomic mass is 14.4. The molecular weight excluding hydrogens is 73.7 g/mol. The van der Waals surface area contributed by atoms with Gasteiger partial charge in [0.15, 0.2) is 0 Å². The quantitative estimate of drug-likeness (QED) is 0.338. The van der Waals surface area contributed by atoms with Gasteiger partial charge in [-0.1, -0.05) is 12.6 Å². The molecule has 0 aliphatic rings. The molecule has 0 fully saturated rings. The van der Waals surface area contributed by atoms with Gasteiger partial charge in [-0.15, -0.1) is 0 Å². The molecule has 0 rings (SSSR count). The van der Waals surface area contributed by atoms with E-state index in [4.69, 9.17) is 11.3 Å². The van der Waals surface area contributed by atoms with Gasteiger partial charge in [0.1, 0.15) is 0 Å². The predicted molar refractivity (Wildman–Crippen MR) is 29.5 cm³/mol. The van der Waals surface area contributed by atoms with Gasteiger partial charge >= 0.3 is 0 Å². The number of rotatable bonds is 3.